The highest BCUT2D eigenvalue weighted by Gasteiger charge is 2.30. The Morgan fingerprint density at radius 1 is 1.28 bits per heavy atom. The molecule has 0 bridgehead atoms. The quantitative estimate of drug-likeness (QED) is 0.775. The van der Waals surface area contributed by atoms with Crippen LogP contribution in [-0.2, 0) is 11.0 Å². The lowest BCUT2D eigenvalue weighted by Gasteiger charge is -2.12. The fraction of sp³-hybridized carbons (Fsp3) is 0.308. The van der Waals surface area contributed by atoms with E-state index in [1.165, 1.54) is 25.3 Å². The predicted molar refractivity (Wildman–Crippen MR) is 63.8 cm³/mol. The van der Waals surface area contributed by atoms with Gasteiger partial charge in [0.1, 0.15) is 0 Å². The van der Waals surface area contributed by atoms with Gasteiger partial charge in [-0.25, -0.2) is 0 Å². The van der Waals surface area contributed by atoms with Gasteiger partial charge < -0.3 is 4.90 Å². The number of allylic oxidation sites excluding steroid dienone is 1. The lowest BCUT2D eigenvalue weighted by molar-refractivity contribution is -0.137. The van der Waals surface area contributed by atoms with Gasteiger partial charge in [0, 0.05) is 25.9 Å². The molecule has 0 saturated carbocycles. The number of hydrogen-bond donors (Lipinski definition) is 0. The average Bonchev–Trinajstić information content (AvgIpc) is 2.24. The minimum absolute atomic E-state index is 0.256. The first-order valence-corrected chi connectivity index (χ1v) is 5.28. The molecule has 2 nitrogen and oxygen atoms in total. The summed E-state index contributed by atoms with van der Waals surface area (Å²) >= 11 is 0. The number of ketones is 1. The first-order chi connectivity index (χ1) is 8.21. The van der Waals surface area contributed by atoms with Crippen molar-refractivity contribution >= 4 is 11.4 Å². The molecule has 0 aliphatic carbocycles. The average molecular weight is 257 g/mol. The van der Waals surface area contributed by atoms with Gasteiger partial charge in [-0.1, -0.05) is 12.1 Å². The Kier molecular flexibility index (Phi) is 4.16. The summed E-state index contributed by atoms with van der Waals surface area (Å²) in [6.45, 7) is 1.33. The minimum Gasteiger partial charge on any atom is -0.383 e. The van der Waals surface area contributed by atoms with E-state index in [1.807, 2.05) is 0 Å². The number of Topliss-reactive ketones (excluding diaryl/α,β-unsaturated/α-hetero) is 1. The molecule has 0 amide bonds. The summed E-state index contributed by atoms with van der Waals surface area (Å²) in [5.41, 5.74) is -0.233. The molecule has 0 aliphatic heterocycles. The molecular formula is C13H14F3NO. The van der Waals surface area contributed by atoms with Crippen molar-refractivity contribution in [2.75, 3.05) is 14.1 Å². The molecular weight excluding hydrogens is 243 g/mol. The third kappa shape index (κ3) is 3.61. The van der Waals surface area contributed by atoms with Crippen molar-refractivity contribution < 1.29 is 18.0 Å². The molecule has 0 atom stereocenters. The smallest absolute Gasteiger partial charge is 0.383 e. The molecule has 5 heteroatoms. The van der Waals surface area contributed by atoms with Gasteiger partial charge in [-0.2, -0.15) is 13.2 Å². The first kappa shape index (κ1) is 14.3. The zero-order valence-electron chi connectivity index (χ0n) is 10.4. The Balaban J connectivity index is 3.27. The van der Waals surface area contributed by atoms with Crippen molar-refractivity contribution in [3.63, 3.8) is 0 Å². The van der Waals surface area contributed by atoms with Crippen molar-refractivity contribution in [3.8, 4) is 0 Å². The number of hydrogen-bond acceptors (Lipinski definition) is 2. The number of alkyl halides is 3. The molecule has 0 fully saturated rings. The molecule has 0 saturated heterocycles. The number of benzene rings is 1. The van der Waals surface area contributed by atoms with Crippen LogP contribution in [-0.4, -0.2) is 24.8 Å². The zero-order valence-corrected chi connectivity index (χ0v) is 10.4. The van der Waals surface area contributed by atoms with Crippen LogP contribution in [0.4, 0.5) is 13.2 Å². The van der Waals surface area contributed by atoms with Crippen LogP contribution in [0.2, 0.25) is 0 Å². The van der Waals surface area contributed by atoms with E-state index in [2.05, 4.69) is 0 Å². The monoisotopic (exact) mass is 257 g/mol. The maximum atomic E-state index is 12.6. The fourth-order valence-electron chi connectivity index (χ4n) is 1.49. The van der Waals surface area contributed by atoms with Crippen LogP contribution in [0.3, 0.4) is 0 Å². The summed E-state index contributed by atoms with van der Waals surface area (Å²) in [7, 11) is 3.41. The van der Waals surface area contributed by atoms with Crippen LogP contribution in [0.15, 0.2) is 30.5 Å². The van der Waals surface area contributed by atoms with Crippen LogP contribution in [0.5, 0.6) is 0 Å². The van der Waals surface area contributed by atoms with Crippen molar-refractivity contribution in [2.45, 2.75) is 13.1 Å². The minimum atomic E-state index is -4.41. The number of carbonyl (C=O) groups is 1. The predicted octanol–water partition coefficient (Wildman–Crippen LogP) is 3.20. The zero-order chi connectivity index (χ0) is 13.9. The van der Waals surface area contributed by atoms with E-state index in [1.54, 1.807) is 19.0 Å². The van der Waals surface area contributed by atoms with Gasteiger partial charge in [-0.3, -0.25) is 4.79 Å². The maximum Gasteiger partial charge on any atom is 0.416 e. The normalized spacial score (nSPS) is 12.4. The summed E-state index contributed by atoms with van der Waals surface area (Å²) in [5, 5.41) is 0. The topological polar surface area (TPSA) is 20.3 Å². The number of rotatable bonds is 3. The highest BCUT2D eigenvalue weighted by atomic mass is 19.4. The third-order valence-corrected chi connectivity index (χ3v) is 2.27. The number of halogens is 3. The largest absolute Gasteiger partial charge is 0.416 e. The molecule has 0 aliphatic rings. The van der Waals surface area contributed by atoms with Gasteiger partial charge in [0.05, 0.1) is 5.56 Å². The van der Waals surface area contributed by atoms with Gasteiger partial charge in [-0.15, -0.1) is 0 Å². The van der Waals surface area contributed by atoms with Crippen molar-refractivity contribution in [2.24, 2.45) is 0 Å². The molecule has 0 aromatic heterocycles. The van der Waals surface area contributed by atoms with E-state index < -0.39 is 11.7 Å². The second-order valence-corrected chi connectivity index (χ2v) is 4.14. The van der Waals surface area contributed by atoms with E-state index in [9.17, 15) is 18.0 Å². The number of nitrogens with zero attached hydrogens (tertiary/aromatic N) is 1. The van der Waals surface area contributed by atoms with Crippen molar-refractivity contribution in [3.05, 3.63) is 41.6 Å². The van der Waals surface area contributed by atoms with Crippen LogP contribution in [0, 0.1) is 0 Å². The van der Waals surface area contributed by atoms with Gasteiger partial charge in [-0.05, 0) is 24.6 Å². The number of carbonyl (C=O) groups excluding carboxylic acids is 1. The van der Waals surface area contributed by atoms with E-state index in [0.29, 0.717) is 0 Å². The van der Waals surface area contributed by atoms with E-state index in [-0.39, 0.29) is 16.9 Å². The Morgan fingerprint density at radius 2 is 1.89 bits per heavy atom. The molecule has 0 unspecified atom stereocenters. The summed E-state index contributed by atoms with van der Waals surface area (Å²) < 4.78 is 37.7. The van der Waals surface area contributed by atoms with Gasteiger partial charge in [0.2, 0.25) is 0 Å². The summed E-state index contributed by atoms with van der Waals surface area (Å²) in [5.74, 6) is -0.275. The van der Waals surface area contributed by atoms with Crippen LogP contribution in [0.1, 0.15) is 18.1 Å². The van der Waals surface area contributed by atoms with Crippen LogP contribution < -0.4 is 0 Å². The molecule has 0 heterocycles. The first-order valence-electron chi connectivity index (χ1n) is 5.28. The van der Waals surface area contributed by atoms with Gasteiger partial charge in [0.25, 0.3) is 0 Å². The lowest BCUT2D eigenvalue weighted by Crippen LogP contribution is -2.09. The highest BCUT2D eigenvalue weighted by Crippen LogP contribution is 2.31. The lowest BCUT2D eigenvalue weighted by atomic mass is 10.0. The third-order valence-electron chi connectivity index (χ3n) is 2.27. The van der Waals surface area contributed by atoms with Gasteiger partial charge in [0.15, 0.2) is 5.78 Å². The Morgan fingerprint density at radius 3 is 2.33 bits per heavy atom. The molecule has 98 valence electrons. The van der Waals surface area contributed by atoms with E-state index in [4.69, 9.17) is 0 Å². The highest BCUT2D eigenvalue weighted by molar-refractivity contribution is 6.19. The van der Waals surface area contributed by atoms with E-state index >= 15 is 0 Å². The maximum absolute atomic E-state index is 12.6. The molecule has 0 N–H and O–H groups in total. The molecule has 0 radical (unpaired) electrons. The SMILES string of the molecule is CC(=O)/C(=C/N(C)C)c1cccc(C(F)(F)F)c1. The summed E-state index contributed by atoms with van der Waals surface area (Å²) in [4.78, 5) is 13.1. The molecule has 1 rings (SSSR count). The second-order valence-electron chi connectivity index (χ2n) is 4.14. The molecule has 1 aromatic rings. The Bertz CT molecular complexity index is 475. The molecule has 1 aromatic carbocycles. The molecule has 18 heavy (non-hydrogen) atoms. The standard InChI is InChI=1S/C13H14F3NO/c1-9(18)12(8-17(2)3)10-5-4-6-11(7-10)13(14,15)16/h4-8H,1-3H3/b12-8-. The second kappa shape index (κ2) is 5.25. The van der Waals surface area contributed by atoms with E-state index in [0.717, 1.165) is 12.1 Å². The summed E-state index contributed by atoms with van der Waals surface area (Å²) in [6.07, 6.45) is -2.89. The Labute approximate surface area is 104 Å². The Hall–Kier alpha value is -1.78. The van der Waals surface area contributed by atoms with Crippen LogP contribution in [0.25, 0.3) is 5.57 Å². The van der Waals surface area contributed by atoms with Crippen molar-refractivity contribution in [1.82, 2.24) is 4.90 Å². The summed E-state index contributed by atoms with van der Waals surface area (Å²) in [6, 6.07) is 4.75. The van der Waals surface area contributed by atoms with Gasteiger partial charge >= 0.3 is 6.18 Å². The molecule has 0 spiro atoms. The van der Waals surface area contributed by atoms with Crippen LogP contribution >= 0.6 is 0 Å². The van der Waals surface area contributed by atoms with Crippen molar-refractivity contribution in [1.29, 1.82) is 0 Å². The fourth-order valence-corrected chi connectivity index (χ4v) is 1.49.